The Morgan fingerprint density at radius 2 is 2.26 bits per heavy atom. The van der Waals surface area contributed by atoms with E-state index in [9.17, 15) is 4.79 Å². The summed E-state index contributed by atoms with van der Waals surface area (Å²) in [6, 6.07) is 7.82. The fraction of sp³-hybridized carbons (Fsp3) is 0.231. The summed E-state index contributed by atoms with van der Waals surface area (Å²) in [4.78, 5) is 14.8. The number of benzene rings is 1. The zero-order valence-corrected chi connectivity index (χ0v) is 11.2. The molecule has 0 atom stereocenters. The fourth-order valence-corrected chi connectivity index (χ4v) is 2.30. The van der Waals surface area contributed by atoms with E-state index >= 15 is 0 Å². The van der Waals surface area contributed by atoms with Gasteiger partial charge in [-0.15, -0.1) is 11.3 Å². The molecule has 0 spiro atoms. The van der Waals surface area contributed by atoms with Gasteiger partial charge in [0.05, 0.1) is 18.8 Å². The van der Waals surface area contributed by atoms with Crippen molar-refractivity contribution in [2.45, 2.75) is 13.2 Å². The number of aromatic carboxylic acids is 1. The maximum Gasteiger partial charge on any atom is 0.365 e. The standard InChI is InChI=1S/C13H14N2O3S/c1-18-7-9-4-2-3-5-11(9)14-6-10-8-19-12(15-10)13(16)17/h2-5,8,14H,6-7H2,1H3,(H,16,17). The lowest BCUT2D eigenvalue weighted by atomic mass is 10.2. The number of hydrogen-bond donors (Lipinski definition) is 2. The van der Waals surface area contributed by atoms with E-state index in [-0.39, 0.29) is 5.01 Å². The van der Waals surface area contributed by atoms with Gasteiger partial charge in [-0.2, -0.15) is 0 Å². The largest absolute Gasteiger partial charge is 0.476 e. The molecule has 0 aliphatic rings. The van der Waals surface area contributed by atoms with Crippen molar-refractivity contribution in [3.63, 3.8) is 0 Å². The van der Waals surface area contributed by atoms with Crippen molar-refractivity contribution in [2.24, 2.45) is 0 Å². The monoisotopic (exact) mass is 278 g/mol. The van der Waals surface area contributed by atoms with Crippen molar-refractivity contribution < 1.29 is 14.6 Å². The number of carboxylic acids is 1. The third kappa shape index (κ3) is 3.52. The van der Waals surface area contributed by atoms with Gasteiger partial charge in [-0.25, -0.2) is 9.78 Å². The second-order valence-electron chi connectivity index (χ2n) is 3.89. The number of carbonyl (C=O) groups is 1. The Bertz CT molecular complexity index is 569. The third-order valence-electron chi connectivity index (χ3n) is 2.51. The highest BCUT2D eigenvalue weighted by atomic mass is 32.1. The Hall–Kier alpha value is -1.92. The predicted octanol–water partition coefficient (Wildman–Crippen LogP) is 2.60. The second kappa shape index (κ2) is 6.31. The van der Waals surface area contributed by atoms with Crippen molar-refractivity contribution in [1.82, 2.24) is 4.98 Å². The minimum absolute atomic E-state index is 0.113. The van der Waals surface area contributed by atoms with Crippen LogP contribution in [0.5, 0.6) is 0 Å². The number of ether oxygens (including phenoxy) is 1. The van der Waals surface area contributed by atoms with Crippen LogP contribution >= 0.6 is 11.3 Å². The minimum Gasteiger partial charge on any atom is -0.476 e. The minimum atomic E-state index is -0.990. The molecule has 2 N–H and O–H groups in total. The number of thiazole rings is 1. The Morgan fingerprint density at radius 3 is 2.95 bits per heavy atom. The van der Waals surface area contributed by atoms with E-state index in [4.69, 9.17) is 9.84 Å². The molecule has 5 nitrogen and oxygen atoms in total. The smallest absolute Gasteiger partial charge is 0.365 e. The number of carboxylic acid groups (broad SMARTS) is 1. The number of para-hydroxylation sites is 1. The molecule has 0 saturated heterocycles. The number of methoxy groups -OCH3 is 1. The topological polar surface area (TPSA) is 71.5 Å². The maximum atomic E-state index is 10.7. The zero-order chi connectivity index (χ0) is 13.7. The molecule has 0 bridgehead atoms. The van der Waals surface area contributed by atoms with Crippen LogP contribution in [0.4, 0.5) is 5.69 Å². The highest BCUT2D eigenvalue weighted by Gasteiger charge is 2.09. The molecule has 1 aromatic carbocycles. The van der Waals surface area contributed by atoms with Crippen LogP contribution in [0.1, 0.15) is 21.1 Å². The van der Waals surface area contributed by atoms with Gasteiger partial charge < -0.3 is 15.2 Å². The molecule has 0 saturated carbocycles. The molecule has 19 heavy (non-hydrogen) atoms. The first kappa shape index (κ1) is 13.5. The summed E-state index contributed by atoms with van der Waals surface area (Å²) in [6.07, 6.45) is 0. The average Bonchev–Trinajstić information content (AvgIpc) is 2.87. The predicted molar refractivity (Wildman–Crippen MR) is 73.6 cm³/mol. The summed E-state index contributed by atoms with van der Waals surface area (Å²) in [5, 5.41) is 13.9. The van der Waals surface area contributed by atoms with Crippen molar-refractivity contribution in [3.8, 4) is 0 Å². The molecule has 0 aliphatic heterocycles. The van der Waals surface area contributed by atoms with Gasteiger partial charge in [0.2, 0.25) is 5.01 Å². The van der Waals surface area contributed by atoms with Crippen LogP contribution in [0.3, 0.4) is 0 Å². The SMILES string of the molecule is COCc1ccccc1NCc1csc(C(=O)O)n1. The summed E-state index contributed by atoms with van der Waals surface area (Å²) in [5.74, 6) is -0.990. The molecule has 1 aromatic heterocycles. The maximum absolute atomic E-state index is 10.7. The van der Waals surface area contributed by atoms with E-state index in [1.165, 1.54) is 0 Å². The Balaban J connectivity index is 2.03. The van der Waals surface area contributed by atoms with Gasteiger partial charge in [-0.3, -0.25) is 0 Å². The number of hydrogen-bond acceptors (Lipinski definition) is 5. The van der Waals surface area contributed by atoms with Crippen LogP contribution in [0.2, 0.25) is 0 Å². The molecule has 6 heteroatoms. The van der Waals surface area contributed by atoms with Gasteiger partial charge in [-0.05, 0) is 6.07 Å². The van der Waals surface area contributed by atoms with Crippen LogP contribution in [-0.4, -0.2) is 23.2 Å². The first-order valence-corrected chi connectivity index (χ1v) is 6.57. The van der Waals surface area contributed by atoms with Crippen molar-refractivity contribution in [1.29, 1.82) is 0 Å². The van der Waals surface area contributed by atoms with Gasteiger partial charge in [0.25, 0.3) is 0 Å². The molecule has 0 fully saturated rings. The van der Waals surface area contributed by atoms with E-state index in [1.54, 1.807) is 12.5 Å². The molecule has 0 unspecified atom stereocenters. The molecular weight excluding hydrogens is 264 g/mol. The van der Waals surface area contributed by atoms with Gasteiger partial charge in [0.15, 0.2) is 0 Å². The van der Waals surface area contributed by atoms with Crippen LogP contribution in [0.25, 0.3) is 0 Å². The van der Waals surface area contributed by atoms with Crippen LogP contribution in [-0.2, 0) is 17.9 Å². The Kier molecular flexibility index (Phi) is 4.48. The number of nitrogens with one attached hydrogen (secondary N) is 1. The quantitative estimate of drug-likeness (QED) is 0.849. The van der Waals surface area contributed by atoms with E-state index in [0.29, 0.717) is 13.2 Å². The normalized spacial score (nSPS) is 10.4. The molecule has 100 valence electrons. The third-order valence-corrected chi connectivity index (χ3v) is 3.39. The second-order valence-corrected chi connectivity index (χ2v) is 4.75. The average molecular weight is 278 g/mol. The van der Waals surface area contributed by atoms with Crippen LogP contribution < -0.4 is 5.32 Å². The zero-order valence-electron chi connectivity index (χ0n) is 10.4. The molecule has 2 rings (SSSR count). The number of rotatable bonds is 6. The van der Waals surface area contributed by atoms with Gasteiger partial charge >= 0.3 is 5.97 Å². The lowest BCUT2D eigenvalue weighted by molar-refractivity contribution is 0.0696. The Morgan fingerprint density at radius 1 is 1.47 bits per heavy atom. The summed E-state index contributed by atoms with van der Waals surface area (Å²) >= 11 is 1.13. The number of nitrogens with zero attached hydrogens (tertiary/aromatic N) is 1. The number of aromatic nitrogens is 1. The van der Waals surface area contributed by atoms with E-state index < -0.39 is 5.97 Å². The number of anilines is 1. The summed E-state index contributed by atoms with van der Waals surface area (Å²) in [7, 11) is 1.65. The summed E-state index contributed by atoms with van der Waals surface area (Å²) < 4.78 is 5.12. The lowest BCUT2D eigenvalue weighted by Crippen LogP contribution is -2.04. The molecule has 0 aliphatic carbocycles. The first-order chi connectivity index (χ1) is 9.20. The van der Waals surface area contributed by atoms with Crippen molar-refractivity contribution >= 4 is 23.0 Å². The molecule has 0 amide bonds. The molecular formula is C13H14N2O3S. The van der Waals surface area contributed by atoms with E-state index in [1.807, 2.05) is 24.3 Å². The highest BCUT2D eigenvalue weighted by Crippen LogP contribution is 2.17. The molecule has 1 heterocycles. The van der Waals surface area contributed by atoms with Crippen LogP contribution in [0.15, 0.2) is 29.6 Å². The Labute approximate surface area is 114 Å². The van der Waals surface area contributed by atoms with E-state index in [2.05, 4.69) is 10.3 Å². The lowest BCUT2D eigenvalue weighted by Gasteiger charge is -2.10. The van der Waals surface area contributed by atoms with Gasteiger partial charge in [0.1, 0.15) is 0 Å². The van der Waals surface area contributed by atoms with Gasteiger partial charge in [-0.1, -0.05) is 18.2 Å². The highest BCUT2D eigenvalue weighted by molar-refractivity contribution is 7.11. The molecule has 2 aromatic rings. The fourth-order valence-electron chi connectivity index (χ4n) is 1.65. The van der Waals surface area contributed by atoms with Gasteiger partial charge in [0, 0.05) is 23.7 Å². The van der Waals surface area contributed by atoms with E-state index in [0.717, 1.165) is 28.3 Å². The first-order valence-electron chi connectivity index (χ1n) is 5.69. The molecule has 0 radical (unpaired) electrons. The summed E-state index contributed by atoms with van der Waals surface area (Å²) in [6.45, 7) is 1.02. The summed E-state index contributed by atoms with van der Waals surface area (Å²) in [5.41, 5.74) is 2.74. The van der Waals surface area contributed by atoms with Crippen molar-refractivity contribution in [2.75, 3.05) is 12.4 Å². The van der Waals surface area contributed by atoms with Crippen molar-refractivity contribution in [3.05, 3.63) is 45.9 Å². The van der Waals surface area contributed by atoms with Crippen LogP contribution in [0, 0.1) is 0 Å².